The molecule has 2 aromatic rings. The van der Waals surface area contributed by atoms with E-state index in [1.807, 2.05) is 10.9 Å². The molecule has 0 fully saturated rings. The van der Waals surface area contributed by atoms with Crippen molar-refractivity contribution in [2.45, 2.75) is 46.7 Å². The van der Waals surface area contributed by atoms with Gasteiger partial charge >= 0.3 is 0 Å². The van der Waals surface area contributed by atoms with E-state index in [1.54, 1.807) is 0 Å². The summed E-state index contributed by atoms with van der Waals surface area (Å²) in [6.45, 7) is 10.3. The molecule has 114 valence electrons. The Hall–Kier alpha value is -1.20. The summed E-state index contributed by atoms with van der Waals surface area (Å²) in [7, 11) is 0. The van der Waals surface area contributed by atoms with E-state index < -0.39 is 0 Å². The highest BCUT2D eigenvalue weighted by atomic mass is 79.9. The Morgan fingerprint density at radius 2 is 1.90 bits per heavy atom. The maximum atomic E-state index is 4.21. The van der Waals surface area contributed by atoms with E-state index in [4.69, 9.17) is 0 Å². The summed E-state index contributed by atoms with van der Waals surface area (Å²) in [5.41, 5.74) is 4.89. The molecule has 1 unspecified atom stereocenters. The number of nitrogens with zero attached hydrogens (tertiary/aromatic N) is 3. The van der Waals surface area contributed by atoms with Gasteiger partial charge in [0.1, 0.15) is 0 Å². The van der Waals surface area contributed by atoms with Crippen LogP contribution in [0.1, 0.15) is 48.7 Å². The molecule has 0 saturated heterocycles. The maximum Gasteiger partial charge on any atom is 0.0801 e. The van der Waals surface area contributed by atoms with Crippen molar-refractivity contribution in [2.24, 2.45) is 0 Å². The topological polar surface area (TPSA) is 42.7 Å². The first-order chi connectivity index (χ1) is 10.1. The minimum absolute atomic E-state index is 0.127. The predicted octanol–water partition coefficient (Wildman–Crippen LogP) is 3.77. The van der Waals surface area contributed by atoms with Crippen LogP contribution in [-0.4, -0.2) is 21.5 Å². The van der Waals surface area contributed by atoms with Crippen molar-refractivity contribution in [3.05, 3.63) is 45.2 Å². The Morgan fingerprint density at radius 1 is 1.24 bits per heavy atom. The fourth-order valence-electron chi connectivity index (χ4n) is 2.62. The lowest BCUT2D eigenvalue weighted by Crippen LogP contribution is -2.25. The molecule has 0 bridgehead atoms. The van der Waals surface area contributed by atoms with Crippen LogP contribution in [0.15, 0.2) is 22.8 Å². The van der Waals surface area contributed by atoms with Crippen LogP contribution >= 0.6 is 15.9 Å². The van der Waals surface area contributed by atoms with Gasteiger partial charge in [0.15, 0.2) is 0 Å². The number of hydrogen-bond acceptors (Lipinski definition) is 3. The third-order valence-corrected chi connectivity index (χ3v) is 4.83. The van der Waals surface area contributed by atoms with Crippen LogP contribution in [-0.2, 0) is 6.54 Å². The van der Waals surface area contributed by atoms with Gasteiger partial charge in [-0.2, -0.15) is 0 Å². The summed E-state index contributed by atoms with van der Waals surface area (Å²) in [5, 5.41) is 11.9. The molecule has 1 atom stereocenters. The lowest BCUT2D eigenvalue weighted by Gasteiger charge is -2.21. The Labute approximate surface area is 135 Å². The first-order valence-corrected chi connectivity index (χ1v) is 8.26. The minimum Gasteiger partial charge on any atom is -0.305 e. The zero-order chi connectivity index (χ0) is 15.4. The van der Waals surface area contributed by atoms with E-state index in [-0.39, 0.29) is 6.04 Å². The van der Waals surface area contributed by atoms with E-state index in [2.05, 4.69) is 71.4 Å². The number of hydrogen-bond donors (Lipinski definition) is 1. The van der Waals surface area contributed by atoms with Crippen molar-refractivity contribution >= 4 is 15.9 Å². The summed E-state index contributed by atoms with van der Waals surface area (Å²) in [5.74, 6) is 0. The van der Waals surface area contributed by atoms with Gasteiger partial charge in [0.2, 0.25) is 0 Å². The smallest absolute Gasteiger partial charge is 0.0801 e. The summed E-state index contributed by atoms with van der Waals surface area (Å²) < 4.78 is 3.18. The van der Waals surface area contributed by atoms with E-state index in [1.165, 1.54) is 21.2 Å². The largest absolute Gasteiger partial charge is 0.305 e. The fraction of sp³-hybridized carbons (Fsp3) is 0.500. The second-order valence-corrected chi connectivity index (χ2v) is 6.13. The molecule has 2 rings (SSSR count). The van der Waals surface area contributed by atoms with Gasteiger partial charge in [0, 0.05) is 11.0 Å². The monoisotopic (exact) mass is 350 g/mol. The molecule has 0 aliphatic heterocycles. The van der Waals surface area contributed by atoms with Crippen LogP contribution in [0, 0.1) is 13.8 Å². The summed E-state index contributed by atoms with van der Waals surface area (Å²) in [6, 6.07) is 4.59. The van der Waals surface area contributed by atoms with Crippen LogP contribution in [0.2, 0.25) is 0 Å². The average molecular weight is 351 g/mol. The molecular weight excluding hydrogens is 328 g/mol. The molecule has 0 aliphatic rings. The van der Waals surface area contributed by atoms with Gasteiger partial charge in [-0.1, -0.05) is 47.1 Å². The molecule has 0 amide bonds. The van der Waals surface area contributed by atoms with Crippen LogP contribution in [0.5, 0.6) is 0 Å². The SMILES string of the molecule is CCCn1nncc1C(NCC)c1cc(C)c(Br)c(C)c1. The Bertz CT molecular complexity index is 583. The maximum absolute atomic E-state index is 4.21. The number of aromatic nitrogens is 3. The molecular formula is C16H23BrN4. The zero-order valence-electron chi connectivity index (χ0n) is 13.2. The van der Waals surface area contributed by atoms with Gasteiger partial charge in [-0.25, -0.2) is 4.68 Å². The molecule has 1 aromatic carbocycles. The second kappa shape index (κ2) is 7.18. The van der Waals surface area contributed by atoms with Crippen molar-refractivity contribution in [2.75, 3.05) is 6.54 Å². The third kappa shape index (κ3) is 3.52. The van der Waals surface area contributed by atoms with Gasteiger partial charge in [0.05, 0.1) is 17.9 Å². The lowest BCUT2D eigenvalue weighted by molar-refractivity contribution is 0.511. The molecule has 1 heterocycles. The molecule has 0 aliphatic carbocycles. The van der Waals surface area contributed by atoms with Crippen molar-refractivity contribution in [1.82, 2.24) is 20.3 Å². The molecule has 0 radical (unpaired) electrons. The Morgan fingerprint density at radius 3 is 2.48 bits per heavy atom. The molecule has 5 heteroatoms. The van der Waals surface area contributed by atoms with E-state index >= 15 is 0 Å². The van der Waals surface area contributed by atoms with E-state index in [9.17, 15) is 0 Å². The Balaban J connectivity index is 2.45. The van der Waals surface area contributed by atoms with Crippen molar-refractivity contribution in [3.63, 3.8) is 0 Å². The first-order valence-electron chi connectivity index (χ1n) is 7.46. The number of benzene rings is 1. The van der Waals surface area contributed by atoms with Crippen molar-refractivity contribution in [1.29, 1.82) is 0 Å². The molecule has 0 spiro atoms. The van der Waals surface area contributed by atoms with Gasteiger partial charge in [-0.15, -0.1) is 5.10 Å². The minimum atomic E-state index is 0.127. The van der Waals surface area contributed by atoms with Crippen LogP contribution in [0.3, 0.4) is 0 Å². The number of aryl methyl sites for hydroxylation is 3. The van der Waals surface area contributed by atoms with Crippen LogP contribution in [0.4, 0.5) is 0 Å². The standard InChI is InChI=1S/C16H23BrN4/c1-5-7-21-14(10-19-20-21)16(18-6-2)13-8-11(3)15(17)12(4)9-13/h8-10,16,18H,5-7H2,1-4H3. The van der Waals surface area contributed by atoms with Gasteiger partial charge in [-0.3, -0.25) is 0 Å². The number of nitrogens with one attached hydrogen (secondary N) is 1. The summed E-state index contributed by atoms with van der Waals surface area (Å²) >= 11 is 3.64. The molecule has 0 saturated carbocycles. The predicted molar refractivity (Wildman–Crippen MR) is 89.4 cm³/mol. The van der Waals surface area contributed by atoms with Crippen molar-refractivity contribution < 1.29 is 0 Å². The fourth-order valence-corrected chi connectivity index (χ4v) is 2.85. The van der Waals surface area contributed by atoms with E-state index in [0.29, 0.717) is 0 Å². The highest BCUT2D eigenvalue weighted by Crippen LogP contribution is 2.28. The quantitative estimate of drug-likeness (QED) is 0.862. The van der Waals surface area contributed by atoms with Crippen LogP contribution in [0.25, 0.3) is 0 Å². The Kier molecular flexibility index (Phi) is 5.53. The highest BCUT2D eigenvalue weighted by Gasteiger charge is 2.19. The molecule has 21 heavy (non-hydrogen) atoms. The summed E-state index contributed by atoms with van der Waals surface area (Å²) in [4.78, 5) is 0. The van der Waals surface area contributed by atoms with Gasteiger partial charge in [-0.05, 0) is 43.5 Å². The number of rotatable bonds is 6. The van der Waals surface area contributed by atoms with Gasteiger partial charge in [0.25, 0.3) is 0 Å². The van der Waals surface area contributed by atoms with Crippen molar-refractivity contribution in [3.8, 4) is 0 Å². The molecule has 4 nitrogen and oxygen atoms in total. The highest BCUT2D eigenvalue weighted by molar-refractivity contribution is 9.10. The molecule has 1 N–H and O–H groups in total. The lowest BCUT2D eigenvalue weighted by atomic mass is 9.99. The van der Waals surface area contributed by atoms with E-state index in [0.717, 1.165) is 25.2 Å². The second-order valence-electron chi connectivity index (χ2n) is 5.34. The summed E-state index contributed by atoms with van der Waals surface area (Å²) in [6.07, 6.45) is 2.92. The van der Waals surface area contributed by atoms with Crippen LogP contribution < -0.4 is 5.32 Å². The zero-order valence-corrected chi connectivity index (χ0v) is 14.7. The normalized spacial score (nSPS) is 12.6. The van der Waals surface area contributed by atoms with Gasteiger partial charge < -0.3 is 5.32 Å². The average Bonchev–Trinajstić information content (AvgIpc) is 2.90. The third-order valence-electron chi connectivity index (χ3n) is 3.58. The molecule has 1 aromatic heterocycles. The number of halogens is 1. The first kappa shape index (κ1) is 16.2.